The number of benzene rings is 1. The highest BCUT2D eigenvalue weighted by molar-refractivity contribution is 6.21. The van der Waals surface area contributed by atoms with Crippen molar-refractivity contribution in [3.05, 3.63) is 34.9 Å². The third kappa shape index (κ3) is 2.75. The van der Waals surface area contributed by atoms with Crippen LogP contribution in [0.5, 0.6) is 0 Å². The number of halogens is 1. The van der Waals surface area contributed by atoms with Gasteiger partial charge < -0.3 is 0 Å². The van der Waals surface area contributed by atoms with E-state index in [1.54, 1.807) is 0 Å². The van der Waals surface area contributed by atoms with Gasteiger partial charge in [0.2, 0.25) is 0 Å². The van der Waals surface area contributed by atoms with Gasteiger partial charge in [-0.2, -0.15) is 0 Å². The maximum atomic E-state index is 6.25. The zero-order valence-corrected chi connectivity index (χ0v) is 10.2. The summed E-state index contributed by atoms with van der Waals surface area (Å²) in [7, 11) is 0. The van der Waals surface area contributed by atoms with Gasteiger partial charge in [0.05, 0.1) is 0 Å². The highest BCUT2D eigenvalue weighted by atomic mass is 35.5. The lowest BCUT2D eigenvalue weighted by Gasteiger charge is -2.17. The van der Waals surface area contributed by atoms with Crippen molar-refractivity contribution in [2.75, 3.05) is 0 Å². The number of alkyl halides is 1. The summed E-state index contributed by atoms with van der Waals surface area (Å²) in [4.78, 5) is 0. The zero-order valence-electron chi connectivity index (χ0n) is 9.47. The number of aryl methyl sites for hydroxylation is 2. The summed E-state index contributed by atoms with van der Waals surface area (Å²) in [5, 5.41) is 0.246. The van der Waals surface area contributed by atoms with Crippen molar-refractivity contribution < 1.29 is 0 Å². The minimum Gasteiger partial charge on any atom is -0.122 e. The molecule has 1 heteroatoms. The molecule has 0 saturated heterocycles. The first-order valence-corrected chi connectivity index (χ1v) is 5.70. The smallest absolute Gasteiger partial charge is 0.0399 e. The molecule has 0 bridgehead atoms. The minimum atomic E-state index is 0.246. The highest BCUT2D eigenvalue weighted by Gasteiger charge is 2.14. The minimum absolute atomic E-state index is 0.246. The molecule has 78 valence electrons. The zero-order chi connectivity index (χ0) is 10.7. The average Bonchev–Trinajstić information content (AvgIpc) is 2.14. The van der Waals surface area contributed by atoms with Crippen molar-refractivity contribution in [3.8, 4) is 0 Å². The third-order valence-electron chi connectivity index (χ3n) is 2.70. The molecule has 0 aliphatic heterocycles. The molecule has 0 spiro atoms. The molecule has 2 atom stereocenters. The molecule has 0 amide bonds. The van der Waals surface area contributed by atoms with Gasteiger partial charge in [-0.1, -0.05) is 43.2 Å². The van der Waals surface area contributed by atoms with Crippen LogP contribution >= 0.6 is 11.6 Å². The first kappa shape index (κ1) is 11.6. The Morgan fingerprint density at radius 2 is 1.64 bits per heavy atom. The summed E-state index contributed by atoms with van der Waals surface area (Å²) in [6, 6.07) is 6.68. The van der Waals surface area contributed by atoms with Crippen LogP contribution in [0.4, 0.5) is 0 Å². The highest BCUT2D eigenvalue weighted by Crippen LogP contribution is 2.26. The second kappa shape index (κ2) is 4.84. The molecule has 0 radical (unpaired) electrons. The maximum absolute atomic E-state index is 6.25. The molecule has 0 nitrogen and oxygen atoms in total. The second-order valence-electron chi connectivity index (χ2n) is 4.13. The summed E-state index contributed by atoms with van der Waals surface area (Å²) in [5.41, 5.74) is 4.02. The van der Waals surface area contributed by atoms with Gasteiger partial charge >= 0.3 is 0 Å². The van der Waals surface area contributed by atoms with E-state index in [0.29, 0.717) is 5.92 Å². The van der Waals surface area contributed by atoms with Crippen LogP contribution in [0, 0.1) is 13.8 Å². The van der Waals surface area contributed by atoms with Gasteiger partial charge in [-0.15, -0.1) is 11.6 Å². The monoisotopic (exact) mass is 210 g/mol. The van der Waals surface area contributed by atoms with E-state index in [4.69, 9.17) is 11.6 Å². The fourth-order valence-corrected chi connectivity index (χ4v) is 1.98. The van der Waals surface area contributed by atoms with E-state index in [-0.39, 0.29) is 5.38 Å². The molecule has 1 aromatic carbocycles. The van der Waals surface area contributed by atoms with Crippen LogP contribution in [-0.2, 0) is 0 Å². The average molecular weight is 211 g/mol. The molecule has 0 fully saturated rings. The SMILES string of the molecule is CCC(Cl)C(C)c1cc(C)cc(C)c1. The molecule has 2 unspecified atom stereocenters. The van der Waals surface area contributed by atoms with Crippen LogP contribution in [0.3, 0.4) is 0 Å². The van der Waals surface area contributed by atoms with Crippen LogP contribution < -0.4 is 0 Å². The van der Waals surface area contributed by atoms with Crippen molar-refractivity contribution >= 4 is 11.6 Å². The van der Waals surface area contributed by atoms with Gasteiger partial charge in [0, 0.05) is 5.38 Å². The van der Waals surface area contributed by atoms with Gasteiger partial charge in [-0.05, 0) is 31.7 Å². The van der Waals surface area contributed by atoms with Crippen molar-refractivity contribution in [2.45, 2.75) is 45.4 Å². The normalized spacial score (nSPS) is 15.2. The lowest BCUT2D eigenvalue weighted by Crippen LogP contribution is -2.08. The molecule has 1 aromatic rings. The Kier molecular flexibility index (Phi) is 4.00. The van der Waals surface area contributed by atoms with E-state index in [1.165, 1.54) is 16.7 Å². The van der Waals surface area contributed by atoms with Crippen LogP contribution in [0.15, 0.2) is 18.2 Å². The van der Waals surface area contributed by atoms with E-state index in [0.717, 1.165) is 6.42 Å². The Morgan fingerprint density at radius 3 is 2.07 bits per heavy atom. The molecule has 0 heterocycles. The molecular weight excluding hydrogens is 192 g/mol. The summed E-state index contributed by atoms with van der Waals surface area (Å²) in [6.07, 6.45) is 1.02. The third-order valence-corrected chi connectivity index (χ3v) is 3.39. The molecule has 14 heavy (non-hydrogen) atoms. The van der Waals surface area contributed by atoms with Gasteiger partial charge in [-0.25, -0.2) is 0 Å². The molecule has 0 aliphatic rings. The fourth-order valence-electron chi connectivity index (χ4n) is 1.84. The van der Waals surface area contributed by atoms with Crippen LogP contribution in [0.1, 0.15) is 42.9 Å². The van der Waals surface area contributed by atoms with Crippen LogP contribution in [0.2, 0.25) is 0 Å². The molecular formula is C13H19Cl. The molecule has 0 N–H and O–H groups in total. The van der Waals surface area contributed by atoms with Gasteiger partial charge in [0.1, 0.15) is 0 Å². The fraction of sp³-hybridized carbons (Fsp3) is 0.538. The van der Waals surface area contributed by atoms with Crippen molar-refractivity contribution in [1.82, 2.24) is 0 Å². The quantitative estimate of drug-likeness (QED) is 0.648. The lowest BCUT2D eigenvalue weighted by atomic mass is 9.93. The second-order valence-corrected chi connectivity index (χ2v) is 4.69. The van der Waals surface area contributed by atoms with Crippen molar-refractivity contribution in [1.29, 1.82) is 0 Å². The topological polar surface area (TPSA) is 0 Å². The van der Waals surface area contributed by atoms with Crippen LogP contribution in [-0.4, -0.2) is 5.38 Å². The van der Waals surface area contributed by atoms with E-state index >= 15 is 0 Å². The predicted molar refractivity (Wildman–Crippen MR) is 64.3 cm³/mol. The van der Waals surface area contributed by atoms with Gasteiger partial charge in [0.25, 0.3) is 0 Å². The van der Waals surface area contributed by atoms with Crippen molar-refractivity contribution in [3.63, 3.8) is 0 Å². The van der Waals surface area contributed by atoms with Crippen LogP contribution in [0.25, 0.3) is 0 Å². The Morgan fingerprint density at radius 1 is 1.14 bits per heavy atom. The largest absolute Gasteiger partial charge is 0.122 e. The Balaban J connectivity index is 2.94. The van der Waals surface area contributed by atoms with E-state index in [9.17, 15) is 0 Å². The molecule has 0 aliphatic carbocycles. The Hall–Kier alpha value is -0.490. The van der Waals surface area contributed by atoms with E-state index in [1.807, 2.05) is 0 Å². The molecule has 0 aromatic heterocycles. The van der Waals surface area contributed by atoms with Gasteiger partial charge in [-0.3, -0.25) is 0 Å². The summed E-state index contributed by atoms with van der Waals surface area (Å²) in [6.45, 7) is 8.61. The summed E-state index contributed by atoms with van der Waals surface area (Å²) >= 11 is 6.25. The number of hydrogen-bond acceptors (Lipinski definition) is 0. The maximum Gasteiger partial charge on any atom is 0.0399 e. The first-order valence-electron chi connectivity index (χ1n) is 5.26. The van der Waals surface area contributed by atoms with E-state index < -0.39 is 0 Å². The van der Waals surface area contributed by atoms with Crippen molar-refractivity contribution in [2.24, 2.45) is 0 Å². The van der Waals surface area contributed by atoms with E-state index in [2.05, 4.69) is 45.9 Å². The summed E-state index contributed by atoms with van der Waals surface area (Å²) < 4.78 is 0. The Labute approximate surface area is 92.3 Å². The predicted octanol–water partition coefficient (Wildman–Crippen LogP) is 4.42. The molecule has 0 saturated carbocycles. The summed E-state index contributed by atoms with van der Waals surface area (Å²) in [5.74, 6) is 0.445. The van der Waals surface area contributed by atoms with Gasteiger partial charge in [0.15, 0.2) is 0 Å². The number of hydrogen-bond donors (Lipinski definition) is 0. The molecule has 1 rings (SSSR count). The standard InChI is InChI=1S/C13H19Cl/c1-5-13(14)11(4)12-7-9(2)6-10(3)8-12/h6-8,11,13H,5H2,1-4H3. The number of rotatable bonds is 3. The Bertz CT molecular complexity index is 284. The first-order chi connectivity index (χ1) is 6.54. The lowest BCUT2D eigenvalue weighted by molar-refractivity contribution is 0.674.